The molecule has 1 aliphatic heterocycles. The van der Waals surface area contributed by atoms with Crippen molar-refractivity contribution < 1.29 is 28.9 Å². The minimum Gasteiger partial charge on any atom is -0.478 e. The van der Waals surface area contributed by atoms with Gasteiger partial charge in [-0.2, -0.15) is 0 Å². The Labute approximate surface area is 209 Å². The fourth-order valence-electron chi connectivity index (χ4n) is 4.12. The number of ether oxygens (including phenoxy) is 2. The van der Waals surface area contributed by atoms with Crippen molar-refractivity contribution in [1.29, 1.82) is 0 Å². The summed E-state index contributed by atoms with van der Waals surface area (Å²) in [5.74, 6) is -1.70. The fourth-order valence-corrected chi connectivity index (χ4v) is 5.37. The van der Waals surface area contributed by atoms with Gasteiger partial charge in [-0.15, -0.1) is 0 Å². The second kappa shape index (κ2) is 14.1. The number of aliphatic carboxylic acids is 1. The molecule has 1 rings (SSSR count). The first kappa shape index (κ1) is 31.3. The zero-order chi connectivity index (χ0) is 26.0. The van der Waals surface area contributed by atoms with Gasteiger partial charge < -0.3 is 24.1 Å². The van der Waals surface area contributed by atoms with E-state index in [1.54, 1.807) is 6.08 Å². The number of carboxylic acid groups (broad SMARTS) is 1. The first-order chi connectivity index (χ1) is 15.6. The van der Waals surface area contributed by atoms with E-state index in [1.165, 1.54) is 38.2 Å². The van der Waals surface area contributed by atoms with E-state index in [0.717, 1.165) is 32.1 Å². The molecule has 0 aromatic carbocycles. The lowest BCUT2D eigenvalue weighted by atomic mass is 10.00. The molecule has 7 heteroatoms. The molecule has 0 saturated carbocycles. The molecule has 2 N–H and O–H groups in total. The van der Waals surface area contributed by atoms with Crippen molar-refractivity contribution in [3.8, 4) is 0 Å². The largest absolute Gasteiger partial charge is 0.478 e. The quantitative estimate of drug-likeness (QED) is 0.137. The number of unbranched alkanes of at least 4 members (excludes halogenated alkanes) is 7. The molecule has 0 radical (unpaired) electrons. The van der Waals surface area contributed by atoms with Crippen LogP contribution < -0.4 is 0 Å². The lowest BCUT2D eigenvalue weighted by Crippen LogP contribution is -2.48. The molecule has 1 fully saturated rings. The van der Waals surface area contributed by atoms with Crippen LogP contribution in [0.25, 0.3) is 0 Å². The number of carboxylic acids is 1. The minimum absolute atomic E-state index is 0.00311. The zero-order valence-corrected chi connectivity index (χ0v) is 24.1. The van der Waals surface area contributed by atoms with Gasteiger partial charge in [0, 0.05) is 6.08 Å². The Bertz CT molecular complexity index is 623. The Morgan fingerprint density at radius 2 is 1.56 bits per heavy atom. The van der Waals surface area contributed by atoms with E-state index in [9.17, 15) is 15.0 Å². The molecule has 0 aliphatic carbocycles. The molecule has 0 aromatic rings. The van der Waals surface area contributed by atoms with E-state index < -0.39 is 26.2 Å². The van der Waals surface area contributed by atoms with Crippen LogP contribution in [0, 0.1) is 0 Å². The van der Waals surface area contributed by atoms with Gasteiger partial charge in [-0.05, 0) is 57.8 Å². The first-order valence-electron chi connectivity index (χ1n) is 13.3. The third-order valence-electron chi connectivity index (χ3n) is 7.07. The number of hydrogen-bond acceptors (Lipinski definition) is 5. The first-order valence-corrected chi connectivity index (χ1v) is 16.2. The average molecular weight is 501 g/mol. The lowest BCUT2D eigenvalue weighted by Gasteiger charge is -2.40. The molecule has 1 aliphatic rings. The molecular formula is C27H52O6Si. The third kappa shape index (κ3) is 11.8. The van der Waals surface area contributed by atoms with Crippen LogP contribution in [-0.4, -0.2) is 54.7 Å². The number of carbonyl (C=O) groups is 1. The van der Waals surface area contributed by atoms with Gasteiger partial charge in [0.15, 0.2) is 14.1 Å². The molecule has 0 unspecified atom stereocenters. The molecule has 6 nitrogen and oxygen atoms in total. The van der Waals surface area contributed by atoms with Gasteiger partial charge in [0.1, 0.15) is 6.10 Å². The standard InChI is InChI=1S/C27H52O6Si/c1-21(28)17-15-13-11-9-10-12-14-16-18-22-25(32-27(5,6)31-22)23(19-20-24(29)30)33-34(7,8)26(2,3)4/h19-23,25,28H,9-18H2,1-8H3,(H,29,30)/b20-19+/t21-,22+,23+,25-/m0/s1. The molecule has 0 amide bonds. The van der Waals surface area contributed by atoms with Gasteiger partial charge in [0.25, 0.3) is 0 Å². The van der Waals surface area contributed by atoms with E-state index in [4.69, 9.17) is 13.9 Å². The van der Waals surface area contributed by atoms with Gasteiger partial charge in [0.2, 0.25) is 0 Å². The Hall–Kier alpha value is -0.733. The van der Waals surface area contributed by atoms with Crippen LogP contribution in [0.4, 0.5) is 0 Å². The second-order valence-electron chi connectivity index (χ2n) is 11.9. The summed E-state index contributed by atoms with van der Waals surface area (Å²) < 4.78 is 19.2. The lowest BCUT2D eigenvalue weighted by molar-refractivity contribution is -0.152. The Morgan fingerprint density at radius 3 is 2.06 bits per heavy atom. The van der Waals surface area contributed by atoms with Gasteiger partial charge in [-0.3, -0.25) is 0 Å². The van der Waals surface area contributed by atoms with Crippen molar-refractivity contribution in [2.45, 2.75) is 154 Å². The number of aliphatic hydroxyl groups is 1. The number of rotatable bonds is 16. The van der Waals surface area contributed by atoms with Crippen LogP contribution in [0.15, 0.2) is 12.2 Å². The van der Waals surface area contributed by atoms with Crippen LogP contribution in [0.5, 0.6) is 0 Å². The van der Waals surface area contributed by atoms with Gasteiger partial charge in [-0.1, -0.05) is 72.1 Å². The monoisotopic (exact) mass is 500 g/mol. The van der Waals surface area contributed by atoms with Gasteiger partial charge in [0.05, 0.1) is 18.3 Å². The minimum atomic E-state index is -2.15. The summed E-state index contributed by atoms with van der Waals surface area (Å²) in [7, 11) is -2.15. The van der Waals surface area contributed by atoms with E-state index in [2.05, 4.69) is 33.9 Å². The molecule has 0 spiro atoms. The SMILES string of the molecule is C[C@H](O)CCCCCCCCCC[C@H]1OC(C)(C)O[C@@H]1[C@@H](/C=C/C(=O)O)O[Si](C)(C)C(C)(C)C. The van der Waals surface area contributed by atoms with Crippen LogP contribution in [-0.2, 0) is 18.7 Å². The van der Waals surface area contributed by atoms with Crippen molar-refractivity contribution >= 4 is 14.3 Å². The van der Waals surface area contributed by atoms with Crippen molar-refractivity contribution in [3.05, 3.63) is 12.2 Å². The predicted molar refractivity (Wildman–Crippen MR) is 141 cm³/mol. The molecular weight excluding hydrogens is 448 g/mol. The van der Waals surface area contributed by atoms with E-state index >= 15 is 0 Å². The molecule has 0 aromatic heterocycles. The molecule has 34 heavy (non-hydrogen) atoms. The van der Waals surface area contributed by atoms with E-state index in [-0.39, 0.29) is 23.4 Å². The molecule has 200 valence electrons. The van der Waals surface area contributed by atoms with Crippen LogP contribution in [0.2, 0.25) is 18.1 Å². The van der Waals surface area contributed by atoms with Gasteiger partial charge in [-0.25, -0.2) is 4.79 Å². The second-order valence-corrected chi connectivity index (χ2v) is 16.7. The van der Waals surface area contributed by atoms with Crippen molar-refractivity contribution in [3.63, 3.8) is 0 Å². The predicted octanol–water partition coefficient (Wildman–Crippen LogP) is 6.82. The zero-order valence-electron chi connectivity index (χ0n) is 23.1. The average Bonchev–Trinajstić information content (AvgIpc) is 2.99. The van der Waals surface area contributed by atoms with Gasteiger partial charge >= 0.3 is 5.97 Å². The maximum atomic E-state index is 11.3. The van der Waals surface area contributed by atoms with Crippen LogP contribution >= 0.6 is 0 Å². The maximum Gasteiger partial charge on any atom is 0.328 e. The normalized spacial score (nSPS) is 22.9. The highest BCUT2D eigenvalue weighted by Gasteiger charge is 2.47. The molecule has 1 heterocycles. The molecule has 0 bridgehead atoms. The van der Waals surface area contributed by atoms with E-state index in [0.29, 0.717) is 0 Å². The number of hydrogen-bond donors (Lipinski definition) is 2. The fraction of sp³-hybridized carbons (Fsp3) is 0.889. The maximum absolute atomic E-state index is 11.3. The van der Waals surface area contributed by atoms with E-state index in [1.807, 2.05) is 20.8 Å². The highest BCUT2D eigenvalue weighted by Crippen LogP contribution is 2.40. The summed E-state index contributed by atoms with van der Waals surface area (Å²) in [6.07, 6.45) is 13.0. The Morgan fingerprint density at radius 1 is 1.03 bits per heavy atom. The third-order valence-corrected chi connectivity index (χ3v) is 11.5. The van der Waals surface area contributed by atoms with Crippen molar-refractivity contribution in [2.75, 3.05) is 0 Å². The Balaban J connectivity index is 2.63. The molecule has 1 saturated heterocycles. The molecule has 4 atom stereocenters. The van der Waals surface area contributed by atoms with Crippen LogP contribution in [0.3, 0.4) is 0 Å². The smallest absolute Gasteiger partial charge is 0.328 e. The summed E-state index contributed by atoms with van der Waals surface area (Å²) in [5, 5.41) is 18.6. The summed E-state index contributed by atoms with van der Waals surface area (Å²) in [4.78, 5) is 11.3. The van der Waals surface area contributed by atoms with Crippen molar-refractivity contribution in [2.24, 2.45) is 0 Å². The summed E-state index contributed by atoms with van der Waals surface area (Å²) in [5.41, 5.74) is 0. The topological polar surface area (TPSA) is 85.2 Å². The van der Waals surface area contributed by atoms with Crippen LogP contribution in [0.1, 0.15) is 106 Å². The highest BCUT2D eigenvalue weighted by atomic mass is 28.4. The number of aliphatic hydroxyl groups excluding tert-OH is 1. The highest BCUT2D eigenvalue weighted by molar-refractivity contribution is 6.74. The Kier molecular flexibility index (Phi) is 13.0. The van der Waals surface area contributed by atoms with Crippen molar-refractivity contribution in [1.82, 2.24) is 0 Å². The summed E-state index contributed by atoms with van der Waals surface area (Å²) >= 11 is 0. The summed E-state index contributed by atoms with van der Waals surface area (Å²) in [6, 6.07) is 0. The summed E-state index contributed by atoms with van der Waals surface area (Å²) in [6.45, 7) is 16.6.